The maximum absolute atomic E-state index is 6.38. The summed E-state index contributed by atoms with van der Waals surface area (Å²) in [4.78, 5) is 4.65. The Morgan fingerprint density at radius 1 is 1.17 bits per heavy atom. The minimum atomic E-state index is 0.281. The molecule has 1 atom stereocenters. The van der Waals surface area contributed by atoms with Crippen molar-refractivity contribution in [1.29, 1.82) is 0 Å². The molecule has 0 aliphatic carbocycles. The van der Waals surface area contributed by atoms with E-state index < -0.39 is 0 Å². The molecule has 2 aromatic heterocycles. The quantitative estimate of drug-likeness (QED) is 0.467. The highest BCUT2D eigenvalue weighted by atomic mass is 79.9. The Morgan fingerprint density at radius 3 is 2.66 bits per heavy atom. The van der Waals surface area contributed by atoms with Crippen LogP contribution in [0.25, 0.3) is 21.8 Å². The number of aromatic nitrogens is 2. The van der Waals surface area contributed by atoms with Crippen LogP contribution < -0.4 is 10.5 Å². The Balaban J connectivity index is 1.70. The van der Waals surface area contributed by atoms with Crippen molar-refractivity contribution in [1.82, 2.24) is 9.55 Å². The van der Waals surface area contributed by atoms with Crippen molar-refractivity contribution in [2.24, 2.45) is 0 Å². The number of benzene rings is 2. The van der Waals surface area contributed by atoms with Gasteiger partial charge in [-0.25, -0.2) is 4.98 Å². The van der Waals surface area contributed by atoms with E-state index in [1.165, 1.54) is 11.3 Å². The second-order valence-electron chi connectivity index (χ2n) is 7.48. The van der Waals surface area contributed by atoms with Gasteiger partial charge in [-0.05, 0) is 48.4 Å². The Bertz CT molecular complexity index is 1200. The summed E-state index contributed by atoms with van der Waals surface area (Å²) in [5, 5.41) is 2.11. The first-order valence-electron chi connectivity index (χ1n) is 9.74. The highest BCUT2D eigenvalue weighted by molar-refractivity contribution is 9.10. The number of pyridine rings is 1. The second kappa shape index (κ2) is 7.35. The van der Waals surface area contributed by atoms with Crippen LogP contribution in [-0.2, 0) is 17.7 Å². The molecule has 148 valence electrons. The average Bonchev–Trinajstić information content (AvgIpc) is 3.04. The van der Waals surface area contributed by atoms with Gasteiger partial charge in [0.05, 0.1) is 24.2 Å². The van der Waals surface area contributed by atoms with Crippen LogP contribution in [0.15, 0.2) is 53.0 Å². The van der Waals surface area contributed by atoms with Crippen LogP contribution in [0.1, 0.15) is 17.7 Å². The molecular weight excluding hydrogens is 430 g/mol. The molecule has 0 bridgehead atoms. The maximum Gasteiger partial charge on any atom is 0.133 e. The zero-order valence-corrected chi connectivity index (χ0v) is 17.8. The molecule has 4 aromatic rings. The van der Waals surface area contributed by atoms with Gasteiger partial charge >= 0.3 is 0 Å². The van der Waals surface area contributed by atoms with E-state index in [9.17, 15) is 0 Å². The van der Waals surface area contributed by atoms with Crippen molar-refractivity contribution in [3.63, 3.8) is 0 Å². The predicted molar refractivity (Wildman–Crippen MR) is 120 cm³/mol. The molecule has 1 aliphatic rings. The van der Waals surface area contributed by atoms with E-state index in [0.717, 1.165) is 58.0 Å². The van der Waals surface area contributed by atoms with Crippen molar-refractivity contribution in [2.75, 3.05) is 19.5 Å². The molecule has 0 radical (unpaired) electrons. The number of nitrogen functional groups attached to an aromatic ring is 1. The van der Waals surface area contributed by atoms with Crippen LogP contribution in [0, 0.1) is 0 Å². The third-order valence-electron chi connectivity index (χ3n) is 5.64. The van der Waals surface area contributed by atoms with E-state index in [0.29, 0.717) is 5.82 Å². The highest BCUT2D eigenvalue weighted by Gasteiger charge is 2.23. The molecule has 2 N–H and O–H groups in total. The number of nitrogens with two attached hydrogens (primary N) is 1. The number of hydrogen-bond acceptors (Lipinski definition) is 4. The normalized spacial score (nSPS) is 16.3. The van der Waals surface area contributed by atoms with Gasteiger partial charge in [0.1, 0.15) is 11.6 Å². The third kappa shape index (κ3) is 3.36. The molecule has 1 unspecified atom stereocenters. The first kappa shape index (κ1) is 18.5. The Hall–Kier alpha value is -2.57. The van der Waals surface area contributed by atoms with Crippen molar-refractivity contribution >= 4 is 43.6 Å². The van der Waals surface area contributed by atoms with Crippen molar-refractivity contribution in [3.05, 3.63) is 64.3 Å². The summed E-state index contributed by atoms with van der Waals surface area (Å²) in [6.07, 6.45) is 2.26. The fourth-order valence-electron chi connectivity index (χ4n) is 4.02. The van der Waals surface area contributed by atoms with Gasteiger partial charge in [-0.2, -0.15) is 0 Å². The molecule has 1 fully saturated rings. The lowest BCUT2D eigenvalue weighted by Crippen LogP contribution is -2.29. The van der Waals surface area contributed by atoms with Crippen LogP contribution in [0.3, 0.4) is 0 Å². The topological polar surface area (TPSA) is 62.3 Å². The fourth-order valence-corrected chi connectivity index (χ4v) is 4.37. The molecule has 3 heterocycles. The lowest BCUT2D eigenvalue weighted by molar-refractivity contribution is -0.0499. The lowest BCUT2D eigenvalue weighted by atomic mass is 10.1. The monoisotopic (exact) mass is 451 g/mol. The van der Waals surface area contributed by atoms with Gasteiger partial charge in [-0.1, -0.05) is 28.1 Å². The van der Waals surface area contributed by atoms with Crippen LogP contribution in [0.2, 0.25) is 0 Å². The molecule has 2 aromatic carbocycles. The summed E-state index contributed by atoms with van der Waals surface area (Å²) >= 11 is 3.55. The van der Waals surface area contributed by atoms with Gasteiger partial charge < -0.3 is 19.8 Å². The Labute approximate surface area is 177 Å². The number of anilines is 1. The van der Waals surface area contributed by atoms with Crippen molar-refractivity contribution in [2.45, 2.75) is 25.5 Å². The molecule has 1 aliphatic heterocycles. The minimum absolute atomic E-state index is 0.281. The van der Waals surface area contributed by atoms with E-state index >= 15 is 0 Å². The number of fused-ring (bicyclic) bond motifs is 3. The average molecular weight is 452 g/mol. The van der Waals surface area contributed by atoms with E-state index in [4.69, 9.17) is 15.2 Å². The summed E-state index contributed by atoms with van der Waals surface area (Å²) in [7, 11) is 1.69. The fraction of sp³-hybridized carbons (Fsp3) is 0.261. The minimum Gasteiger partial charge on any atom is -0.497 e. The van der Waals surface area contributed by atoms with Gasteiger partial charge in [0, 0.05) is 40.5 Å². The molecule has 5 nitrogen and oxygen atoms in total. The number of hydrogen-bond donors (Lipinski definition) is 1. The molecule has 0 saturated carbocycles. The largest absolute Gasteiger partial charge is 0.497 e. The highest BCUT2D eigenvalue weighted by Crippen LogP contribution is 2.34. The molecule has 1 saturated heterocycles. The van der Waals surface area contributed by atoms with E-state index in [-0.39, 0.29) is 6.10 Å². The summed E-state index contributed by atoms with van der Waals surface area (Å²) < 4.78 is 14.4. The van der Waals surface area contributed by atoms with Gasteiger partial charge in [-0.3, -0.25) is 0 Å². The van der Waals surface area contributed by atoms with Gasteiger partial charge in [-0.15, -0.1) is 0 Å². The zero-order valence-electron chi connectivity index (χ0n) is 16.2. The summed E-state index contributed by atoms with van der Waals surface area (Å²) in [5.74, 6) is 1.42. The van der Waals surface area contributed by atoms with E-state index in [1.54, 1.807) is 7.11 Å². The van der Waals surface area contributed by atoms with Crippen LogP contribution in [0.4, 0.5) is 5.82 Å². The predicted octanol–water partition coefficient (Wildman–Crippen LogP) is 4.92. The first-order valence-corrected chi connectivity index (χ1v) is 10.5. The van der Waals surface area contributed by atoms with Crippen LogP contribution >= 0.6 is 15.9 Å². The third-order valence-corrected chi connectivity index (χ3v) is 6.14. The molecule has 0 amide bonds. The summed E-state index contributed by atoms with van der Waals surface area (Å²) in [5.41, 5.74) is 10.8. The van der Waals surface area contributed by atoms with Gasteiger partial charge in [0.2, 0.25) is 0 Å². The number of nitrogens with zero attached hydrogens (tertiary/aromatic N) is 2. The molecular formula is C23H22BrN3O2. The second-order valence-corrected chi connectivity index (χ2v) is 8.39. The molecule has 5 rings (SSSR count). The maximum atomic E-state index is 6.38. The van der Waals surface area contributed by atoms with Crippen LogP contribution in [-0.4, -0.2) is 29.4 Å². The summed E-state index contributed by atoms with van der Waals surface area (Å²) in [6, 6.07) is 16.6. The molecule has 6 heteroatoms. The smallest absolute Gasteiger partial charge is 0.133 e. The van der Waals surface area contributed by atoms with Crippen molar-refractivity contribution < 1.29 is 9.47 Å². The first-order chi connectivity index (χ1) is 14.1. The van der Waals surface area contributed by atoms with Gasteiger partial charge in [0.15, 0.2) is 0 Å². The number of ether oxygens (including phenoxy) is 2. The lowest BCUT2D eigenvalue weighted by Gasteiger charge is -2.27. The standard InChI is InChI=1S/C23H22BrN3O2/c1-28-17-5-2-14(3-6-17)13-27-16(11-18-8-9-29-18)12-20-22(27)19-7-4-15(24)10-21(19)26-23(20)25/h2-7,10,12,18H,8-9,11,13H2,1H3,(H2,25,26). The SMILES string of the molecule is COc1ccc(Cn2c(CC3CCO3)cc3c(N)nc4cc(Br)ccc4c32)cc1. The van der Waals surface area contributed by atoms with Gasteiger partial charge in [0.25, 0.3) is 0 Å². The molecule has 29 heavy (non-hydrogen) atoms. The number of halogens is 1. The zero-order chi connectivity index (χ0) is 20.0. The number of rotatable bonds is 5. The van der Waals surface area contributed by atoms with Crippen LogP contribution in [0.5, 0.6) is 5.75 Å². The summed E-state index contributed by atoms with van der Waals surface area (Å²) in [6.45, 7) is 1.61. The Kier molecular flexibility index (Phi) is 4.68. The molecule has 0 spiro atoms. The Morgan fingerprint density at radius 2 is 1.97 bits per heavy atom. The number of methoxy groups -OCH3 is 1. The van der Waals surface area contributed by atoms with E-state index in [1.807, 2.05) is 18.2 Å². The van der Waals surface area contributed by atoms with E-state index in [2.05, 4.69) is 55.8 Å². The van der Waals surface area contributed by atoms with Crippen molar-refractivity contribution in [3.8, 4) is 5.75 Å².